The predicted octanol–water partition coefficient (Wildman–Crippen LogP) is 1.72. The third kappa shape index (κ3) is 2.53. The van der Waals surface area contributed by atoms with Crippen LogP contribution in [0, 0.1) is 11.3 Å². The van der Waals surface area contributed by atoms with Gasteiger partial charge in [0.25, 0.3) is 5.89 Å². The van der Waals surface area contributed by atoms with E-state index in [9.17, 15) is 0 Å². The highest BCUT2D eigenvalue weighted by molar-refractivity contribution is 7.99. The lowest BCUT2D eigenvalue weighted by molar-refractivity contribution is 0.257. The largest absolute Gasteiger partial charge is 0.332 e. The van der Waals surface area contributed by atoms with Crippen molar-refractivity contribution in [1.29, 1.82) is 5.26 Å². The second kappa shape index (κ2) is 5.61. The van der Waals surface area contributed by atoms with E-state index in [0.29, 0.717) is 23.0 Å². The Morgan fingerprint density at radius 2 is 2.40 bits per heavy atom. The van der Waals surface area contributed by atoms with Crippen LogP contribution >= 0.6 is 11.8 Å². The van der Waals surface area contributed by atoms with E-state index in [2.05, 4.69) is 27.1 Å². The number of aromatic nitrogens is 3. The Hall–Kier alpha value is -1.91. The van der Waals surface area contributed by atoms with Gasteiger partial charge >= 0.3 is 0 Å². The van der Waals surface area contributed by atoms with Crippen molar-refractivity contribution in [1.82, 2.24) is 20.0 Å². The van der Waals surface area contributed by atoms with Crippen LogP contribution in [0.15, 0.2) is 22.9 Å². The minimum Gasteiger partial charge on any atom is -0.332 e. The summed E-state index contributed by atoms with van der Waals surface area (Å²) >= 11 is 1.90. The fourth-order valence-electron chi connectivity index (χ4n) is 2.02. The van der Waals surface area contributed by atoms with Gasteiger partial charge in [0.2, 0.25) is 0 Å². The summed E-state index contributed by atoms with van der Waals surface area (Å²) in [4.78, 5) is 10.8. The molecular weight excluding hydrogens is 274 g/mol. The van der Waals surface area contributed by atoms with Crippen LogP contribution in [0.25, 0.3) is 11.6 Å². The fraction of sp³-hybridized carbons (Fsp3) is 0.385. The third-order valence-electron chi connectivity index (χ3n) is 3.25. The lowest BCUT2D eigenvalue weighted by atomic mass is 10.2. The van der Waals surface area contributed by atoms with Gasteiger partial charge in [0, 0.05) is 24.2 Å². The summed E-state index contributed by atoms with van der Waals surface area (Å²) in [6, 6.07) is 5.62. The molecule has 0 aromatic carbocycles. The lowest BCUT2D eigenvalue weighted by Crippen LogP contribution is -2.33. The van der Waals surface area contributed by atoms with E-state index >= 15 is 0 Å². The lowest BCUT2D eigenvalue weighted by Gasteiger charge is -2.29. The van der Waals surface area contributed by atoms with Crippen molar-refractivity contribution < 1.29 is 4.52 Å². The second-order valence-electron chi connectivity index (χ2n) is 4.57. The second-order valence-corrected chi connectivity index (χ2v) is 5.72. The average Bonchev–Trinajstić information content (AvgIpc) is 2.97. The molecule has 0 spiro atoms. The molecule has 1 aliphatic heterocycles. The number of thioether (sulfide) groups is 1. The monoisotopic (exact) mass is 287 g/mol. The maximum atomic E-state index is 8.75. The molecule has 0 bridgehead atoms. The maximum absolute atomic E-state index is 8.75. The average molecular weight is 287 g/mol. The van der Waals surface area contributed by atoms with E-state index in [1.54, 1.807) is 12.1 Å². The number of rotatable bonds is 2. The molecule has 0 saturated carbocycles. The summed E-state index contributed by atoms with van der Waals surface area (Å²) in [6.07, 6.45) is 1.50. The molecule has 1 aliphatic rings. The predicted molar refractivity (Wildman–Crippen MR) is 74.9 cm³/mol. The molecular formula is C13H13N5OS. The zero-order valence-electron chi connectivity index (χ0n) is 11.0. The van der Waals surface area contributed by atoms with Gasteiger partial charge in [0.1, 0.15) is 11.8 Å². The van der Waals surface area contributed by atoms with Crippen LogP contribution in [0.1, 0.15) is 17.4 Å². The van der Waals surface area contributed by atoms with Gasteiger partial charge in [0.05, 0.1) is 11.6 Å². The summed E-state index contributed by atoms with van der Waals surface area (Å²) in [6.45, 7) is 1.02. The SMILES string of the molecule is CN1CCSCC1c1noc(-c2ccc(C#N)cn2)n1. The fourth-order valence-corrected chi connectivity index (χ4v) is 3.23. The molecule has 2 aromatic heterocycles. The number of nitrogens with zero attached hydrogens (tertiary/aromatic N) is 5. The van der Waals surface area contributed by atoms with Gasteiger partial charge < -0.3 is 4.52 Å². The third-order valence-corrected chi connectivity index (χ3v) is 4.27. The number of hydrogen-bond donors (Lipinski definition) is 0. The Morgan fingerprint density at radius 1 is 1.50 bits per heavy atom. The minimum absolute atomic E-state index is 0.185. The quantitative estimate of drug-likeness (QED) is 0.832. The Kier molecular flexibility index (Phi) is 3.67. The summed E-state index contributed by atoms with van der Waals surface area (Å²) in [5.41, 5.74) is 1.10. The van der Waals surface area contributed by atoms with Crippen LogP contribution < -0.4 is 0 Å². The van der Waals surface area contributed by atoms with Crippen molar-refractivity contribution in [2.45, 2.75) is 6.04 Å². The highest BCUT2D eigenvalue weighted by Crippen LogP contribution is 2.27. The molecule has 3 rings (SSSR count). The van der Waals surface area contributed by atoms with E-state index in [1.165, 1.54) is 6.20 Å². The Balaban J connectivity index is 1.84. The Labute approximate surface area is 120 Å². The molecule has 102 valence electrons. The molecule has 1 saturated heterocycles. The molecule has 20 heavy (non-hydrogen) atoms. The Bertz CT molecular complexity index is 633. The van der Waals surface area contributed by atoms with Crippen LogP contribution in [-0.4, -0.2) is 45.1 Å². The number of hydrogen-bond acceptors (Lipinski definition) is 7. The first kappa shape index (κ1) is 13.1. The molecule has 1 unspecified atom stereocenters. The minimum atomic E-state index is 0.185. The first-order chi connectivity index (χ1) is 9.78. The maximum Gasteiger partial charge on any atom is 0.276 e. The molecule has 0 N–H and O–H groups in total. The van der Waals surface area contributed by atoms with Crippen molar-refractivity contribution in [3.63, 3.8) is 0 Å². The van der Waals surface area contributed by atoms with E-state index < -0.39 is 0 Å². The molecule has 0 amide bonds. The highest BCUT2D eigenvalue weighted by atomic mass is 32.2. The topological polar surface area (TPSA) is 78.8 Å². The van der Waals surface area contributed by atoms with Crippen molar-refractivity contribution in [2.75, 3.05) is 25.1 Å². The van der Waals surface area contributed by atoms with Crippen LogP contribution in [0.2, 0.25) is 0 Å². The van der Waals surface area contributed by atoms with Gasteiger partial charge in [-0.05, 0) is 19.2 Å². The van der Waals surface area contributed by atoms with Crippen LogP contribution in [0.4, 0.5) is 0 Å². The van der Waals surface area contributed by atoms with Gasteiger partial charge in [-0.15, -0.1) is 0 Å². The summed E-state index contributed by atoms with van der Waals surface area (Å²) < 4.78 is 5.28. The molecule has 1 fully saturated rings. The van der Waals surface area contributed by atoms with Crippen LogP contribution in [0.3, 0.4) is 0 Å². The van der Waals surface area contributed by atoms with Crippen LogP contribution in [0.5, 0.6) is 0 Å². The van der Waals surface area contributed by atoms with Crippen molar-refractivity contribution in [2.24, 2.45) is 0 Å². The summed E-state index contributed by atoms with van der Waals surface area (Å²) in [7, 11) is 2.07. The summed E-state index contributed by atoms with van der Waals surface area (Å²) in [5, 5.41) is 12.8. The molecule has 7 heteroatoms. The molecule has 0 aliphatic carbocycles. The molecule has 3 heterocycles. The molecule has 6 nitrogen and oxygen atoms in total. The number of nitriles is 1. The standard InChI is InChI=1S/C13H13N5OS/c1-18-4-5-20-8-11(18)12-16-13(19-17-12)10-3-2-9(6-14)7-15-10/h2-3,7,11H,4-5,8H2,1H3. The molecule has 2 aromatic rings. The van der Waals surface area contributed by atoms with Gasteiger partial charge in [-0.2, -0.15) is 22.0 Å². The van der Waals surface area contributed by atoms with E-state index in [4.69, 9.17) is 9.78 Å². The molecule has 1 atom stereocenters. The van der Waals surface area contributed by atoms with Gasteiger partial charge in [-0.3, -0.25) is 4.90 Å². The zero-order chi connectivity index (χ0) is 13.9. The van der Waals surface area contributed by atoms with Crippen LogP contribution in [-0.2, 0) is 0 Å². The summed E-state index contributed by atoms with van der Waals surface area (Å²) in [5.74, 6) is 3.19. The van der Waals surface area contributed by atoms with Gasteiger partial charge in [0.15, 0.2) is 5.82 Å². The first-order valence-electron chi connectivity index (χ1n) is 6.26. The highest BCUT2D eigenvalue weighted by Gasteiger charge is 2.26. The van der Waals surface area contributed by atoms with Crippen molar-refractivity contribution in [3.8, 4) is 17.7 Å². The molecule has 0 radical (unpaired) electrons. The Morgan fingerprint density at radius 3 is 3.10 bits per heavy atom. The number of pyridine rings is 1. The van der Waals surface area contributed by atoms with Gasteiger partial charge in [-0.25, -0.2) is 4.98 Å². The first-order valence-corrected chi connectivity index (χ1v) is 7.41. The zero-order valence-corrected chi connectivity index (χ0v) is 11.8. The van der Waals surface area contributed by atoms with Crippen molar-refractivity contribution in [3.05, 3.63) is 29.7 Å². The van der Waals surface area contributed by atoms with Crippen molar-refractivity contribution >= 4 is 11.8 Å². The van der Waals surface area contributed by atoms with E-state index in [0.717, 1.165) is 18.1 Å². The van der Waals surface area contributed by atoms with E-state index in [-0.39, 0.29) is 6.04 Å². The van der Waals surface area contributed by atoms with Gasteiger partial charge in [-0.1, -0.05) is 5.16 Å². The van der Waals surface area contributed by atoms with E-state index in [1.807, 2.05) is 17.8 Å². The smallest absolute Gasteiger partial charge is 0.276 e. The normalized spacial score (nSPS) is 19.7.